The molecule has 3 atom stereocenters. The lowest BCUT2D eigenvalue weighted by Crippen LogP contribution is -2.48. The van der Waals surface area contributed by atoms with E-state index in [1.807, 2.05) is 53.4 Å². The van der Waals surface area contributed by atoms with E-state index in [1.54, 1.807) is 13.8 Å². The smallest absolute Gasteiger partial charge is 0.407 e. The molecule has 3 unspecified atom stereocenters. The summed E-state index contributed by atoms with van der Waals surface area (Å²) in [5.41, 5.74) is -0.157. The second-order valence-corrected chi connectivity index (χ2v) is 11.3. The lowest BCUT2D eigenvalue weighted by atomic mass is 10.00. The minimum atomic E-state index is -0.667. The Morgan fingerprint density at radius 3 is 1.78 bits per heavy atom. The number of ether oxygens (including phenoxy) is 4. The topological polar surface area (TPSA) is 182 Å². The normalized spacial score (nSPS) is 12.1. The molecule has 13 heteroatoms. The predicted octanol–water partition coefficient (Wildman–Crippen LogP) is 4.56. The first kappa shape index (κ1) is 46.8. The third-order valence-electron chi connectivity index (χ3n) is 6.49. The molecule has 0 aromatic carbocycles. The van der Waals surface area contributed by atoms with E-state index in [9.17, 15) is 24.0 Å². The summed E-state index contributed by atoms with van der Waals surface area (Å²) < 4.78 is 18.9. The van der Waals surface area contributed by atoms with Crippen LogP contribution in [0, 0.1) is 29.1 Å². The van der Waals surface area contributed by atoms with Crippen LogP contribution in [0.5, 0.6) is 0 Å². The highest BCUT2D eigenvalue weighted by Gasteiger charge is 2.28. The van der Waals surface area contributed by atoms with Gasteiger partial charge >= 0.3 is 24.0 Å². The molecule has 0 aliphatic rings. The van der Waals surface area contributed by atoms with Crippen LogP contribution >= 0.6 is 0 Å². The van der Waals surface area contributed by atoms with Gasteiger partial charge in [0.1, 0.15) is 26.4 Å². The summed E-state index contributed by atoms with van der Waals surface area (Å²) in [5.74, 6) is -1.04. The molecular formula is C33H59N3O10. The van der Waals surface area contributed by atoms with E-state index >= 15 is 0 Å². The van der Waals surface area contributed by atoms with Crippen molar-refractivity contribution < 1.29 is 48.0 Å². The van der Waals surface area contributed by atoms with E-state index in [2.05, 4.69) is 27.4 Å². The van der Waals surface area contributed by atoms with Crippen molar-refractivity contribution in [3.63, 3.8) is 0 Å². The second kappa shape index (κ2) is 28.8. The Balaban J connectivity index is -0.000000637. The first-order valence-corrected chi connectivity index (χ1v) is 15.9. The molecular weight excluding hydrogens is 598 g/mol. The van der Waals surface area contributed by atoms with Gasteiger partial charge in [0.15, 0.2) is 0 Å². The van der Waals surface area contributed by atoms with Gasteiger partial charge in [-0.25, -0.2) is 9.59 Å². The van der Waals surface area contributed by atoms with Crippen LogP contribution in [-0.4, -0.2) is 91.6 Å². The maximum Gasteiger partial charge on any atom is 0.407 e. The molecule has 0 heterocycles. The third-order valence-corrected chi connectivity index (χ3v) is 6.49. The number of carbonyl (C=O) groups is 5. The highest BCUT2D eigenvalue weighted by atomic mass is 16.6. The summed E-state index contributed by atoms with van der Waals surface area (Å²) in [6.07, 6.45) is 3.98. The summed E-state index contributed by atoms with van der Waals surface area (Å²) in [5, 5.41) is 19.2. The average Bonchev–Trinajstić information content (AvgIpc) is 3.03. The quantitative estimate of drug-likeness (QED) is 0.0912. The van der Waals surface area contributed by atoms with Crippen LogP contribution in [0.25, 0.3) is 0 Å². The van der Waals surface area contributed by atoms with Crippen LogP contribution in [0.2, 0.25) is 0 Å². The van der Waals surface area contributed by atoms with Crippen LogP contribution in [0.3, 0.4) is 0 Å². The van der Waals surface area contributed by atoms with E-state index in [4.69, 9.17) is 19.8 Å². The number of amides is 2. The molecule has 0 bridgehead atoms. The fourth-order valence-corrected chi connectivity index (χ4v) is 2.99. The maximum atomic E-state index is 12.2. The molecule has 13 nitrogen and oxygen atoms in total. The number of carbonyl (C=O) groups excluding carboxylic acids is 5. The fraction of sp³-hybridized carbons (Fsp3) is 0.758. The number of nitrogens with zero attached hydrogens (tertiary/aromatic N) is 2. The Bertz CT molecular complexity index is 928. The first-order valence-electron chi connectivity index (χ1n) is 15.9. The average molecular weight is 658 g/mol. The molecule has 0 aliphatic heterocycles. The molecule has 266 valence electrons. The summed E-state index contributed by atoms with van der Waals surface area (Å²) in [4.78, 5) is 58.0. The van der Waals surface area contributed by atoms with Crippen molar-refractivity contribution >= 4 is 29.9 Å². The second-order valence-electron chi connectivity index (χ2n) is 11.3. The number of hydrogen-bond acceptors (Lipinski definition) is 11. The first-order chi connectivity index (χ1) is 21.6. The van der Waals surface area contributed by atoms with E-state index in [-0.39, 0.29) is 80.7 Å². The molecule has 2 N–H and O–H groups in total. The SMILES string of the molecule is C=CC(=O)OCCNC(=O)OCCOC(=O)C(C)CC.CCC(C)C(=O)N(CCCC#N)C(C)(C)C.CCC(C)C(=O)OCCO. The molecule has 0 spiro atoms. The molecule has 0 aromatic heterocycles. The van der Waals surface area contributed by atoms with Crippen LogP contribution in [0.1, 0.15) is 94.4 Å². The van der Waals surface area contributed by atoms with Crippen LogP contribution in [0.15, 0.2) is 12.7 Å². The summed E-state index contributed by atoms with van der Waals surface area (Å²) in [6, 6.07) is 2.12. The van der Waals surface area contributed by atoms with E-state index in [1.165, 1.54) is 0 Å². The Morgan fingerprint density at radius 1 is 0.848 bits per heavy atom. The molecule has 0 aromatic rings. The number of aliphatic hydroxyl groups excluding tert-OH is 1. The van der Waals surface area contributed by atoms with Crippen LogP contribution in [0.4, 0.5) is 4.79 Å². The van der Waals surface area contributed by atoms with Crippen molar-refractivity contribution in [2.75, 3.05) is 46.1 Å². The maximum absolute atomic E-state index is 12.2. The zero-order valence-corrected chi connectivity index (χ0v) is 29.5. The van der Waals surface area contributed by atoms with Gasteiger partial charge < -0.3 is 34.3 Å². The van der Waals surface area contributed by atoms with Gasteiger partial charge in [-0.3, -0.25) is 14.4 Å². The number of hydrogen-bond donors (Lipinski definition) is 2. The number of esters is 3. The Hall–Kier alpha value is -3.66. The Morgan fingerprint density at radius 2 is 1.35 bits per heavy atom. The van der Waals surface area contributed by atoms with Crippen molar-refractivity contribution in [2.24, 2.45) is 17.8 Å². The number of aliphatic hydroxyl groups is 1. The Labute approximate surface area is 275 Å². The van der Waals surface area contributed by atoms with Crippen molar-refractivity contribution in [1.82, 2.24) is 10.2 Å². The molecule has 0 fully saturated rings. The largest absolute Gasteiger partial charge is 0.463 e. The molecule has 2 amide bonds. The summed E-state index contributed by atoms with van der Waals surface area (Å²) in [6.45, 7) is 21.6. The van der Waals surface area contributed by atoms with Gasteiger partial charge in [-0.15, -0.1) is 0 Å². The third kappa shape index (κ3) is 25.6. The highest BCUT2D eigenvalue weighted by molar-refractivity contribution is 5.81. The fourth-order valence-electron chi connectivity index (χ4n) is 2.99. The summed E-state index contributed by atoms with van der Waals surface area (Å²) >= 11 is 0. The molecule has 0 rings (SSSR count). The van der Waals surface area contributed by atoms with Crippen LogP contribution in [-0.2, 0) is 38.1 Å². The predicted molar refractivity (Wildman–Crippen MR) is 174 cm³/mol. The van der Waals surface area contributed by atoms with Crippen molar-refractivity contribution in [3.8, 4) is 6.07 Å². The van der Waals surface area contributed by atoms with Gasteiger partial charge in [-0.2, -0.15) is 5.26 Å². The lowest BCUT2D eigenvalue weighted by Gasteiger charge is -2.37. The zero-order chi connectivity index (χ0) is 36.1. The standard InChI is InChI=1S/C13H24N2O.C13H21NO6.C7H14O3/c1-6-11(2)12(16)15(13(3,4)5)10-8-7-9-14;1-4-10(3)12(16)19-8-9-20-13(17)14-6-7-18-11(15)5-2;1-3-6(2)7(9)10-5-4-8/h11H,6-8,10H2,1-5H3;5,10H,2,4,6-9H2,1,3H3,(H,14,17);6,8H,3-5H2,1-2H3. The molecule has 0 saturated heterocycles. The van der Waals surface area contributed by atoms with E-state index < -0.39 is 12.1 Å². The van der Waals surface area contributed by atoms with Crippen molar-refractivity contribution in [2.45, 2.75) is 100.0 Å². The highest BCUT2D eigenvalue weighted by Crippen LogP contribution is 2.19. The van der Waals surface area contributed by atoms with Crippen molar-refractivity contribution in [3.05, 3.63) is 12.7 Å². The van der Waals surface area contributed by atoms with Gasteiger partial charge in [0.25, 0.3) is 0 Å². The molecule has 0 saturated carbocycles. The number of nitriles is 1. The van der Waals surface area contributed by atoms with Crippen LogP contribution < -0.4 is 5.32 Å². The minimum absolute atomic E-state index is 0.0159. The van der Waals surface area contributed by atoms with Gasteiger partial charge in [-0.05, 0) is 46.5 Å². The number of alkyl carbamates (subject to hydrolysis) is 1. The minimum Gasteiger partial charge on any atom is -0.463 e. The summed E-state index contributed by atoms with van der Waals surface area (Å²) in [7, 11) is 0. The molecule has 0 aliphatic carbocycles. The number of nitrogens with one attached hydrogen (secondary N) is 1. The molecule has 0 radical (unpaired) electrons. The zero-order valence-electron chi connectivity index (χ0n) is 29.5. The van der Waals surface area contributed by atoms with Gasteiger partial charge in [0.05, 0.1) is 31.1 Å². The van der Waals surface area contributed by atoms with Gasteiger partial charge in [-0.1, -0.05) is 48.1 Å². The van der Waals surface area contributed by atoms with E-state index in [0.717, 1.165) is 25.3 Å². The monoisotopic (exact) mass is 657 g/mol. The number of rotatable bonds is 18. The Kier molecular flexibility index (Phi) is 29.3. The van der Waals surface area contributed by atoms with Gasteiger partial charge in [0, 0.05) is 30.5 Å². The van der Waals surface area contributed by atoms with Gasteiger partial charge in [0.2, 0.25) is 5.91 Å². The van der Waals surface area contributed by atoms with E-state index in [0.29, 0.717) is 19.4 Å². The lowest BCUT2D eigenvalue weighted by molar-refractivity contribution is -0.149. The molecule has 46 heavy (non-hydrogen) atoms. The van der Waals surface area contributed by atoms with Crippen molar-refractivity contribution in [1.29, 1.82) is 5.26 Å². The number of unbranched alkanes of at least 4 members (excludes halogenated alkanes) is 1.